The van der Waals surface area contributed by atoms with Crippen LogP contribution in [-0.2, 0) is 13.0 Å². The molecule has 2 aromatic carbocycles. The van der Waals surface area contributed by atoms with Crippen molar-refractivity contribution in [2.45, 2.75) is 25.3 Å². The summed E-state index contributed by atoms with van der Waals surface area (Å²) < 4.78 is 1.82. The summed E-state index contributed by atoms with van der Waals surface area (Å²) in [6.07, 6.45) is 1.68. The Bertz CT molecular complexity index is 1290. The molecule has 0 saturated carbocycles. The van der Waals surface area contributed by atoms with Gasteiger partial charge < -0.3 is 14.8 Å². The summed E-state index contributed by atoms with van der Waals surface area (Å²) in [5, 5.41) is 14.9. The third kappa shape index (κ3) is 4.31. The average Bonchev–Trinajstić information content (AvgIpc) is 2.85. The van der Waals surface area contributed by atoms with E-state index in [1.165, 1.54) is 6.07 Å². The van der Waals surface area contributed by atoms with Gasteiger partial charge in [-0.15, -0.1) is 0 Å². The van der Waals surface area contributed by atoms with Gasteiger partial charge >= 0.3 is 0 Å². The second kappa shape index (κ2) is 9.13. The van der Waals surface area contributed by atoms with Gasteiger partial charge in [0.05, 0.1) is 4.92 Å². The third-order valence-electron chi connectivity index (χ3n) is 6.78. The molecule has 1 amide bonds. The summed E-state index contributed by atoms with van der Waals surface area (Å²) >= 11 is 0. The van der Waals surface area contributed by atoms with Crippen LogP contribution in [0.3, 0.4) is 0 Å². The number of nitro benzene ring substituents is 1. The van der Waals surface area contributed by atoms with Gasteiger partial charge in [-0.2, -0.15) is 0 Å². The number of nitrogens with one attached hydrogen (secondary N) is 1. The van der Waals surface area contributed by atoms with Crippen molar-refractivity contribution in [3.63, 3.8) is 0 Å². The van der Waals surface area contributed by atoms with Crippen LogP contribution in [0, 0.1) is 16.0 Å². The first-order chi connectivity index (χ1) is 16.5. The molecule has 2 aliphatic heterocycles. The molecule has 2 aliphatic rings. The fraction of sp³-hybridized carbons (Fsp3) is 0.308. The predicted octanol–water partition coefficient (Wildman–Crippen LogP) is 3.67. The second-order valence-corrected chi connectivity index (χ2v) is 9.06. The van der Waals surface area contributed by atoms with Crippen LogP contribution in [-0.4, -0.2) is 39.9 Å². The van der Waals surface area contributed by atoms with Crippen LogP contribution in [0.15, 0.2) is 71.5 Å². The fourth-order valence-electron chi connectivity index (χ4n) is 5.20. The highest BCUT2D eigenvalue weighted by Gasteiger charge is 2.36. The number of anilines is 1. The summed E-state index contributed by atoms with van der Waals surface area (Å²) in [4.78, 5) is 38.6. The minimum atomic E-state index is -0.449. The van der Waals surface area contributed by atoms with E-state index >= 15 is 0 Å². The van der Waals surface area contributed by atoms with Gasteiger partial charge in [-0.25, -0.2) is 0 Å². The van der Waals surface area contributed by atoms with Gasteiger partial charge in [0.25, 0.3) is 17.2 Å². The molecule has 1 saturated heterocycles. The van der Waals surface area contributed by atoms with Crippen molar-refractivity contribution in [1.29, 1.82) is 0 Å². The van der Waals surface area contributed by atoms with Crippen LogP contribution in [0.4, 0.5) is 11.4 Å². The van der Waals surface area contributed by atoms with E-state index in [2.05, 4.69) is 5.32 Å². The van der Waals surface area contributed by atoms with E-state index in [0.29, 0.717) is 37.4 Å². The molecule has 34 heavy (non-hydrogen) atoms. The number of rotatable bonds is 6. The molecule has 5 rings (SSSR count). The van der Waals surface area contributed by atoms with Crippen LogP contribution in [0.1, 0.15) is 34.0 Å². The third-order valence-corrected chi connectivity index (χ3v) is 6.78. The van der Waals surface area contributed by atoms with Crippen molar-refractivity contribution in [2.75, 3.05) is 25.0 Å². The lowest BCUT2D eigenvalue weighted by Gasteiger charge is -2.42. The van der Waals surface area contributed by atoms with Gasteiger partial charge in [-0.3, -0.25) is 19.7 Å². The molecular weight excluding hydrogens is 432 g/mol. The monoisotopic (exact) mass is 458 g/mol. The largest absolute Gasteiger partial charge is 0.379 e. The zero-order valence-electron chi connectivity index (χ0n) is 18.7. The molecule has 0 unspecified atom stereocenters. The smallest absolute Gasteiger partial charge is 0.293 e. The van der Waals surface area contributed by atoms with E-state index < -0.39 is 4.92 Å². The van der Waals surface area contributed by atoms with Gasteiger partial charge in [0, 0.05) is 55.5 Å². The molecule has 0 spiro atoms. The van der Waals surface area contributed by atoms with Crippen LogP contribution in [0.2, 0.25) is 0 Å². The summed E-state index contributed by atoms with van der Waals surface area (Å²) in [5.41, 5.74) is 2.71. The van der Waals surface area contributed by atoms with Crippen LogP contribution < -0.4 is 10.9 Å². The Kier molecular flexibility index (Phi) is 5.88. The standard InChI is InChI=1S/C26H26N4O4/c31-25-8-4-7-23-21-13-19(16-29(23)25)15-28(17-21)26(32)20-9-10-22(24(14-20)30(33)34)27-12-11-18-5-2-1-3-6-18/h1-10,14,19,21,27H,11-13,15-17H2/t19-,21+/m1/s1. The van der Waals surface area contributed by atoms with Crippen LogP contribution in [0.25, 0.3) is 0 Å². The van der Waals surface area contributed by atoms with Crippen molar-refractivity contribution in [3.8, 4) is 0 Å². The highest BCUT2D eigenvalue weighted by molar-refractivity contribution is 5.96. The number of nitrogens with zero attached hydrogens (tertiary/aromatic N) is 3. The molecule has 1 fully saturated rings. The predicted molar refractivity (Wildman–Crippen MR) is 129 cm³/mol. The Labute approximate surface area is 197 Å². The number of hydrogen-bond acceptors (Lipinski definition) is 5. The number of pyridine rings is 1. The number of amides is 1. The lowest BCUT2D eigenvalue weighted by atomic mass is 9.83. The number of carbonyl (C=O) groups excluding carboxylic acids is 1. The van der Waals surface area contributed by atoms with Crippen molar-refractivity contribution in [3.05, 3.63) is 104 Å². The normalized spacial score (nSPS) is 18.8. The van der Waals surface area contributed by atoms with E-state index in [-0.39, 0.29) is 29.0 Å². The molecule has 2 atom stereocenters. The number of carbonyl (C=O) groups is 1. The van der Waals surface area contributed by atoms with Gasteiger partial charge in [-0.05, 0) is 42.5 Å². The molecule has 8 nitrogen and oxygen atoms in total. The SMILES string of the molecule is O=C(c1ccc(NCCc2ccccc2)c([N+](=O)[O-])c1)N1C[C@H]2C[C@@H](C1)c1cccc(=O)n1C2. The first-order valence-corrected chi connectivity index (χ1v) is 11.5. The number of nitro groups is 1. The minimum absolute atomic E-state index is 0.00189. The highest BCUT2D eigenvalue weighted by Crippen LogP contribution is 2.36. The van der Waals surface area contributed by atoms with Crippen molar-refractivity contribution in [2.24, 2.45) is 5.92 Å². The lowest BCUT2D eigenvalue weighted by molar-refractivity contribution is -0.384. The summed E-state index contributed by atoms with van der Waals surface area (Å²) in [7, 11) is 0. The highest BCUT2D eigenvalue weighted by atomic mass is 16.6. The van der Waals surface area contributed by atoms with Gasteiger partial charge in [0.1, 0.15) is 5.69 Å². The number of hydrogen-bond donors (Lipinski definition) is 1. The van der Waals surface area contributed by atoms with Crippen molar-refractivity contribution >= 4 is 17.3 Å². The van der Waals surface area contributed by atoms with E-state index in [1.807, 2.05) is 41.0 Å². The summed E-state index contributed by atoms with van der Waals surface area (Å²) in [5.74, 6) is 0.0869. The molecule has 1 aromatic heterocycles. The molecule has 3 aromatic rings. The zero-order valence-corrected chi connectivity index (χ0v) is 18.7. The Morgan fingerprint density at radius 3 is 2.65 bits per heavy atom. The van der Waals surface area contributed by atoms with Crippen LogP contribution in [0.5, 0.6) is 0 Å². The fourth-order valence-corrected chi connectivity index (χ4v) is 5.20. The number of piperidine rings is 1. The summed E-state index contributed by atoms with van der Waals surface area (Å²) in [6.45, 7) is 2.19. The van der Waals surface area contributed by atoms with Gasteiger partial charge in [-0.1, -0.05) is 36.4 Å². The van der Waals surface area contributed by atoms with Gasteiger partial charge in [0.2, 0.25) is 0 Å². The van der Waals surface area contributed by atoms with E-state index in [0.717, 1.165) is 24.1 Å². The second-order valence-electron chi connectivity index (χ2n) is 9.06. The molecule has 0 radical (unpaired) electrons. The Morgan fingerprint density at radius 2 is 1.85 bits per heavy atom. The topological polar surface area (TPSA) is 97.5 Å². The number of fused-ring (bicyclic) bond motifs is 4. The maximum atomic E-state index is 13.3. The maximum Gasteiger partial charge on any atom is 0.293 e. The zero-order chi connectivity index (χ0) is 23.7. The Morgan fingerprint density at radius 1 is 1.03 bits per heavy atom. The summed E-state index contributed by atoms with van der Waals surface area (Å²) in [6, 6.07) is 19.8. The quantitative estimate of drug-likeness (QED) is 0.449. The average molecular weight is 459 g/mol. The molecule has 174 valence electrons. The first-order valence-electron chi connectivity index (χ1n) is 11.5. The lowest BCUT2D eigenvalue weighted by Crippen LogP contribution is -2.49. The number of likely N-dealkylation sites (tertiary alicyclic amines) is 1. The molecule has 2 bridgehead atoms. The van der Waals surface area contributed by atoms with Crippen LogP contribution >= 0.6 is 0 Å². The maximum absolute atomic E-state index is 13.3. The van der Waals surface area contributed by atoms with Crippen molar-refractivity contribution < 1.29 is 9.72 Å². The van der Waals surface area contributed by atoms with E-state index in [9.17, 15) is 19.7 Å². The van der Waals surface area contributed by atoms with E-state index in [4.69, 9.17) is 0 Å². The molecule has 8 heteroatoms. The molecule has 1 N–H and O–H groups in total. The molecule has 0 aliphatic carbocycles. The molecule has 3 heterocycles. The van der Waals surface area contributed by atoms with E-state index in [1.54, 1.807) is 29.2 Å². The van der Waals surface area contributed by atoms with Crippen molar-refractivity contribution in [1.82, 2.24) is 9.47 Å². The molecular formula is C26H26N4O4. The number of benzene rings is 2. The number of aromatic nitrogens is 1. The Balaban J connectivity index is 1.32. The first kappa shape index (κ1) is 21.9. The van der Waals surface area contributed by atoms with Gasteiger partial charge in [0.15, 0.2) is 0 Å². The Hall–Kier alpha value is -3.94. The minimum Gasteiger partial charge on any atom is -0.379 e.